The summed E-state index contributed by atoms with van der Waals surface area (Å²) < 4.78 is 5.84. The molecule has 0 atom stereocenters. The van der Waals surface area contributed by atoms with Crippen molar-refractivity contribution in [2.45, 2.75) is 33.6 Å². The number of nitrogens with one attached hydrogen (secondary N) is 1. The van der Waals surface area contributed by atoms with Gasteiger partial charge in [-0.2, -0.15) is 0 Å². The Bertz CT molecular complexity index is 644. The number of halogens is 1. The minimum atomic E-state index is 0. The lowest BCUT2D eigenvalue weighted by Crippen LogP contribution is -2.34. The molecule has 2 aromatic carbocycles. The molecule has 0 amide bonds. The Kier molecular flexibility index (Phi) is 10.2. The van der Waals surface area contributed by atoms with E-state index < -0.39 is 0 Å². The lowest BCUT2D eigenvalue weighted by atomic mass is 10.1. The van der Waals surface area contributed by atoms with E-state index in [-0.39, 0.29) is 24.0 Å². The van der Waals surface area contributed by atoms with Crippen molar-refractivity contribution in [1.82, 2.24) is 5.32 Å². The van der Waals surface area contributed by atoms with Crippen LogP contribution in [-0.4, -0.2) is 12.5 Å². The van der Waals surface area contributed by atoms with Gasteiger partial charge in [0.05, 0.1) is 19.8 Å². The van der Waals surface area contributed by atoms with Crippen LogP contribution in [0, 0.1) is 5.92 Å². The molecular weight excluding hydrogens is 425 g/mol. The second kappa shape index (κ2) is 11.9. The molecular formula is C20H28IN3O. The van der Waals surface area contributed by atoms with Crippen molar-refractivity contribution in [1.29, 1.82) is 0 Å². The number of nitrogens with zero attached hydrogens (tertiary/aromatic N) is 1. The van der Waals surface area contributed by atoms with Crippen molar-refractivity contribution in [3.63, 3.8) is 0 Å². The molecule has 2 rings (SSSR count). The van der Waals surface area contributed by atoms with E-state index in [1.165, 1.54) is 5.56 Å². The molecule has 0 radical (unpaired) electrons. The number of rotatable bonds is 8. The Morgan fingerprint density at radius 3 is 2.32 bits per heavy atom. The van der Waals surface area contributed by atoms with Gasteiger partial charge in [0.15, 0.2) is 5.96 Å². The van der Waals surface area contributed by atoms with Gasteiger partial charge in [-0.25, -0.2) is 4.99 Å². The molecule has 0 aliphatic heterocycles. The highest BCUT2D eigenvalue weighted by Gasteiger charge is 2.03. The number of guanidine groups is 1. The van der Waals surface area contributed by atoms with E-state index in [0.29, 0.717) is 31.6 Å². The van der Waals surface area contributed by atoms with E-state index in [9.17, 15) is 0 Å². The Balaban J connectivity index is 0.00000312. The maximum Gasteiger partial charge on any atom is 0.188 e. The van der Waals surface area contributed by atoms with Crippen LogP contribution in [0.15, 0.2) is 59.6 Å². The van der Waals surface area contributed by atoms with Gasteiger partial charge >= 0.3 is 0 Å². The maximum atomic E-state index is 5.90. The zero-order valence-corrected chi connectivity index (χ0v) is 17.3. The van der Waals surface area contributed by atoms with Gasteiger partial charge in [0.2, 0.25) is 0 Å². The first kappa shape index (κ1) is 21.4. The molecule has 0 spiro atoms. The third kappa shape index (κ3) is 8.36. The minimum Gasteiger partial charge on any atom is -0.372 e. The van der Waals surface area contributed by atoms with Crippen molar-refractivity contribution in [2.24, 2.45) is 16.6 Å². The van der Waals surface area contributed by atoms with Gasteiger partial charge in [0, 0.05) is 6.54 Å². The molecule has 0 saturated carbocycles. The van der Waals surface area contributed by atoms with Crippen LogP contribution in [0.1, 0.15) is 30.5 Å². The van der Waals surface area contributed by atoms with Crippen LogP contribution in [0.3, 0.4) is 0 Å². The summed E-state index contributed by atoms with van der Waals surface area (Å²) in [5.41, 5.74) is 9.37. The highest BCUT2D eigenvalue weighted by molar-refractivity contribution is 14.0. The molecule has 25 heavy (non-hydrogen) atoms. The standard InChI is InChI=1S/C20H27N3O.HI/c1-16(2)12-22-20(21)23-13-18-10-6-7-11-19(18)15-24-14-17-8-4-3-5-9-17;/h3-11,16H,12-15H2,1-2H3,(H3,21,22,23);1H. The fourth-order valence-corrected chi connectivity index (χ4v) is 2.24. The van der Waals surface area contributed by atoms with Crippen molar-refractivity contribution < 1.29 is 4.74 Å². The third-order valence-electron chi connectivity index (χ3n) is 3.60. The second-order valence-corrected chi connectivity index (χ2v) is 6.22. The van der Waals surface area contributed by atoms with Crippen LogP contribution in [0.2, 0.25) is 0 Å². The molecule has 0 aliphatic carbocycles. The first-order valence-electron chi connectivity index (χ1n) is 8.37. The van der Waals surface area contributed by atoms with Crippen molar-refractivity contribution in [3.8, 4) is 0 Å². The van der Waals surface area contributed by atoms with E-state index in [2.05, 4.69) is 48.4 Å². The lowest BCUT2D eigenvalue weighted by molar-refractivity contribution is 0.106. The van der Waals surface area contributed by atoms with Crippen LogP contribution in [0.25, 0.3) is 0 Å². The lowest BCUT2D eigenvalue weighted by Gasteiger charge is -2.10. The molecule has 0 saturated heterocycles. The molecule has 4 nitrogen and oxygen atoms in total. The predicted octanol–water partition coefficient (Wildman–Crippen LogP) is 4.08. The normalized spacial score (nSPS) is 11.2. The monoisotopic (exact) mass is 453 g/mol. The van der Waals surface area contributed by atoms with Gasteiger partial charge in [0.25, 0.3) is 0 Å². The summed E-state index contributed by atoms with van der Waals surface area (Å²) >= 11 is 0. The van der Waals surface area contributed by atoms with Gasteiger partial charge in [-0.3, -0.25) is 0 Å². The van der Waals surface area contributed by atoms with E-state index in [4.69, 9.17) is 10.5 Å². The zero-order valence-electron chi connectivity index (χ0n) is 14.9. The van der Waals surface area contributed by atoms with Gasteiger partial charge in [0.1, 0.15) is 0 Å². The summed E-state index contributed by atoms with van der Waals surface area (Å²) in [5.74, 6) is 1.03. The second-order valence-electron chi connectivity index (χ2n) is 6.22. The van der Waals surface area contributed by atoms with E-state index in [0.717, 1.165) is 17.7 Å². The van der Waals surface area contributed by atoms with Crippen molar-refractivity contribution >= 4 is 29.9 Å². The van der Waals surface area contributed by atoms with E-state index >= 15 is 0 Å². The van der Waals surface area contributed by atoms with Crippen LogP contribution >= 0.6 is 24.0 Å². The molecule has 136 valence electrons. The Hall–Kier alpha value is -1.60. The molecule has 2 aromatic rings. The van der Waals surface area contributed by atoms with E-state index in [1.807, 2.05) is 30.3 Å². The zero-order chi connectivity index (χ0) is 17.2. The maximum absolute atomic E-state index is 5.90. The highest BCUT2D eigenvalue weighted by Crippen LogP contribution is 2.13. The van der Waals surface area contributed by atoms with Crippen LogP contribution < -0.4 is 11.1 Å². The first-order chi connectivity index (χ1) is 11.6. The number of benzene rings is 2. The molecule has 0 aromatic heterocycles. The summed E-state index contributed by atoms with van der Waals surface area (Å²) in [7, 11) is 0. The summed E-state index contributed by atoms with van der Waals surface area (Å²) in [6.45, 7) is 6.84. The summed E-state index contributed by atoms with van der Waals surface area (Å²) in [4.78, 5) is 4.42. The average molecular weight is 453 g/mol. The fraction of sp³-hybridized carbons (Fsp3) is 0.350. The van der Waals surface area contributed by atoms with Gasteiger partial charge in [-0.1, -0.05) is 68.4 Å². The Labute approximate surface area is 167 Å². The van der Waals surface area contributed by atoms with Crippen molar-refractivity contribution in [2.75, 3.05) is 6.54 Å². The van der Waals surface area contributed by atoms with E-state index in [1.54, 1.807) is 0 Å². The molecule has 0 bridgehead atoms. The molecule has 3 N–H and O–H groups in total. The Morgan fingerprint density at radius 2 is 1.64 bits per heavy atom. The molecule has 0 heterocycles. The minimum absolute atomic E-state index is 0. The molecule has 0 aliphatic rings. The quantitative estimate of drug-likeness (QED) is 0.360. The largest absolute Gasteiger partial charge is 0.372 e. The summed E-state index contributed by atoms with van der Waals surface area (Å²) in [6, 6.07) is 18.4. The molecule has 0 fully saturated rings. The van der Waals surface area contributed by atoms with Crippen LogP contribution in [0.5, 0.6) is 0 Å². The van der Waals surface area contributed by atoms with Crippen LogP contribution in [0.4, 0.5) is 0 Å². The van der Waals surface area contributed by atoms with Gasteiger partial charge in [-0.05, 0) is 22.6 Å². The third-order valence-corrected chi connectivity index (χ3v) is 3.60. The number of hydrogen-bond acceptors (Lipinski definition) is 2. The highest BCUT2D eigenvalue weighted by atomic mass is 127. The number of ether oxygens (including phenoxy) is 1. The number of hydrogen-bond donors (Lipinski definition) is 2. The Morgan fingerprint density at radius 1 is 1.00 bits per heavy atom. The van der Waals surface area contributed by atoms with Gasteiger partial charge in [-0.15, -0.1) is 24.0 Å². The topological polar surface area (TPSA) is 59.6 Å². The fourth-order valence-electron chi connectivity index (χ4n) is 2.24. The smallest absolute Gasteiger partial charge is 0.188 e. The predicted molar refractivity (Wildman–Crippen MR) is 115 cm³/mol. The number of aliphatic imine (C=N–C) groups is 1. The average Bonchev–Trinajstić information content (AvgIpc) is 2.60. The number of nitrogens with two attached hydrogens (primary N) is 1. The first-order valence-corrected chi connectivity index (χ1v) is 8.37. The van der Waals surface area contributed by atoms with Crippen molar-refractivity contribution in [3.05, 3.63) is 71.3 Å². The molecule has 0 unspecified atom stereocenters. The molecule has 5 heteroatoms. The van der Waals surface area contributed by atoms with Crippen LogP contribution in [-0.2, 0) is 24.5 Å². The summed E-state index contributed by atoms with van der Waals surface area (Å²) in [6.07, 6.45) is 0. The SMILES string of the molecule is CC(C)CNC(N)=NCc1ccccc1COCc1ccccc1.I. The van der Waals surface area contributed by atoms with Gasteiger partial charge < -0.3 is 15.8 Å². The summed E-state index contributed by atoms with van der Waals surface area (Å²) in [5, 5.41) is 3.13.